The highest BCUT2D eigenvalue weighted by atomic mass is 16.2. The van der Waals surface area contributed by atoms with Crippen molar-refractivity contribution in [1.82, 2.24) is 10.9 Å². The maximum absolute atomic E-state index is 13.0. The van der Waals surface area contributed by atoms with Crippen LogP contribution in [0.4, 0.5) is 0 Å². The van der Waals surface area contributed by atoms with E-state index in [0.29, 0.717) is 29.5 Å². The first kappa shape index (κ1) is 21.0. The van der Waals surface area contributed by atoms with E-state index in [-0.39, 0.29) is 11.1 Å². The van der Waals surface area contributed by atoms with Crippen LogP contribution in [0, 0.1) is 0 Å². The lowest BCUT2D eigenvalue weighted by Gasteiger charge is -2.17. The molecule has 4 amide bonds. The van der Waals surface area contributed by atoms with Crippen LogP contribution in [0.1, 0.15) is 78.2 Å². The van der Waals surface area contributed by atoms with Gasteiger partial charge in [0, 0.05) is 22.3 Å². The minimum Gasteiger partial charge on any atom is -0.366 e. The summed E-state index contributed by atoms with van der Waals surface area (Å²) in [5.41, 5.74) is 18.2. The summed E-state index contributed by atoms with van der Waals surface area (Å²) in [6, 6.07) is 9.17. The molecule has 1 aliphatic rings. The molecular weight excluding hydrogens is 384 g/mol. The molecule has 1 aliphatic carbocycles. The Morgan fingerprint density at radius 2 is 1.27 bits per heavy atom. The lowest BCUT2D eigenvalue weighted by Crippen LogP contribution is -2.42. The number of carbonyl (C=O) groups excluding carboxylic acids is 4. The molecule has 2 aromatic rings. The quantitative estimate of drug-likeness (QED) is 0.570. The highest BCUT2D eigenvalue weighted by molar-refractivity contribution is 6.04. The number of benzene rings is 2. The second-order valence-corrected chi connectivity index (χ2v) is 7.25. The average molecular weight is 408 g/mol. The van der Waals surface area contributed by atoms with E-state index < -0.39 is 23.6 Å². The normalized spacial score (nSPS) is 13.3. The van der Waals surface area contributed by atoms with Crippen molar-refractivity contribution in [3.05, 3.63) is 69.8 Å². The van der Waals surface area contributed by atoms with Crippen LogP contribution in [-0.2, 0) is 12.8 Å². The van der Waals surface area contributed by atoms with Crippen LogP contribution in [0.5, 0.6) is 0 Å². The Labute approximate surface area is 174 Å². The minimum atomic E-state index is -0.595. The lowest BCUT2D eigenvalue weighted by molar-refractivity contribution is 0.0845. The number of hydrogen-bond acceptors (Lipinski definition) is 4. The van der Waals surface area contributed by atoms with Crippen LogP contribution in [0.2, 0.25) is 0 Å². The summed E-state index contributed by atoms with van der Waals surface area (Å²) in [6.45, 7) is 0. The van der Waals surface area contributed by atoms with Crippen molar-refractivity contribution in [3.8, 4) is 0 Å². The third-order valence-corrected chi connectivity index (χ3v) is 5.24. The van der Waals surface area contributed by atoms with Crippen LogP contribution < -0.4 is 22.3 Å². The first-order valence-electron chi connectivity index (χ1n) is 9.83. The van der Waals surface area contributed by atoms with E-state index in [1.807, 2.05) is 0 Å². The molecule has 6 N–H and O–H groups in total. The number of primary amides is 2. The maximum Gasteiger partial charge on any atom is 0.270 e. The molecule has 0 unspecified atom stereocenters. The molecule has 2 aromatic carbocycles. The fourth-order valence-corrected chi connectivity index (χ4v) is 3.68. The highest BCUT2D eigenvalue weighted by Gasteiger charge is 2.23. The molecule has 30 heavy (non-hydrogen) atoms. The fraction of sp³-hybridized carbons (Fsp3) is 0.273. The molecule has 0 saturated heterocycles. The number of hydrogen-bond donors (Lipinski definition) is 4. The Kier molecular flexibility index (Phi) is 6.46. The van der Waals surface area contributed by atoms with Gasteiger partial charge in [-0.2, -0.15) is 0 Å². The molecule has 8 heteroatoms. The van der Waals surface area contributed by atoms with Gasteiger partial charge in [0.05, 0.1) is 0 Å². The van der Waals surface area contributed by atoms with Crippen molar-refractivity contribution in [2.24, 2.45) is 11.5 Å². The third-order valence-electron chi connectivity index (χ3n) is 5.24. The number of aryl methyl sites for hydroxylation is 1. The summed E-state index contributed by atoms with van der Waals surface area (Å²) in [5.74, 6) is -2.21. The van der Waals surface area contributed by atoms with E-state index in [2.05, 4.69) is 10.9 Å². The average Bonchev–Trinajstić information content (AvgIpc) is 2.79. The molecule has 156 valence electrons. The second kappa shape index (κ2) is 9.21. The molecular formula is C22H24N4O4. The van der Waals surface area contributed by atoms with Crippen molar-refractivity contribution in [1.29, 1.82) is 0 Å². The first-order valence-corrected chi connectivity index (χ1v) is 9.83. The topological polar surface area (TPSA) is 144 Å². The Morgan fingerprint density at radius 1 is 0.667 bits per heavy atom. The van der Waals surface area contributed by atoms with Crippen molar-refractivity contribution in [2.75, 3.05) is 0 Å². The first-order chi connectivity index (χ1) is 14.4. The van der Waals surface area contributed by atoms with Gasteiger partial charge in [0.2, 0.25) is 11.8 Å². The lowest BCUT2D eigenvalue weighted by atomic mass is 9.91. The summed E-state index contributed by atoms with van der Waals surface area (Å²) in [4.78, 5) is 48.3. The molecule has 0 aromatic heterocycles. The van der Waals surface area contributed by atoms with Gasteiger partial charge in [0.15, 0.2) is 0 Å². The number of nitrogens with one attached hydrogen (secondary N) is 2. The number of amides is 4. The number of fused-ring (bicyclic) bond motifs is 2. The monoisotopic (exact) mass is 408 g/mol. The van der Waals surface area contributed by atoms with E-state index in [1.54, 1.807) is 12.1 Å². The molecule has 0 radical (unpaired) electrons. The van der Waals surface area contributed by atoms with E-state index in [0.717, 1.165) is 31.2 Å². The Morgan fingerprint density at radius 3 is 1.90 bits per heavy atom. The van der Waals surface area contributed by atoms with Gasteiger partial charge >= 0.3 is 0 Å². The molecule has 3 rings (SSSR count). The number of carbonyl (C=O) groups is 4. The number of nitrogens with two attached hydrogens (primary N) is 2. The zero-order valence-corrected chi connectivity index (χ0v) is 16.5. The van der Waals surface area contributed by atoms with Crippen molar-refractivity contribution < 1.29 is 19.2 Å². The Bertz CT molecular complexity index is 999. The van der Waals surface area contributed by atoms with Crippen molar-refractivity contribution in [3.63, 3.8) is 0 Å². The van der Waals surface area contributed by atoms with Gasteiger partial charge in [0.25, 0.3) is 11.8 Å². The maximum atomic E-state index is 13.0. The number of hydrazine groups is 1. The fourth-order valence-electron chi connectivity index (χ4n) is 3.68. The summed E-state index contributed by atoms with van der Waals surface area (Å²) >= 11 is 0. The van der Waals surface area contributed by atoms with Crippen LogP contribution in [-0.4, -0.2) is 23.6 Å². The highest BCUT2D eigenvalue weighted by Crippen LogP contribution is 2.26. The standard InChI is InChI=1S/C22H24N4O4/c23-19(27)14-7-9-15(10-8-14)21(29)25-26-22(30)18-13-5-3-1-2-4-6-16(18)17(12-11-13)20(24)28/h7-12H,1-6H2,(H2,23,27)(H2,24,28)(H,25,29)(H,26,30). The summed E-state index contributed by atoms with van der Waals surface area (Å²) < 4.78 is 0. The van der Waals surface area contributed by atoms with E-state index in [9.17, 15) is 19.2 Å². The molecule has 0 saturated carbocycles. The molecule has 0 aliphatic heterocycles. The van der Waals surface area contributed by atoms with Gasteiger partial charge in [0.1, 0.15) is 0 Å². The molecule has 0 spiro atoms. The molecule has 2 bridgehead atoms. The largest absolute Gasteiger partial charge is 0.366 e. The molecule has 0 atom stereocenters. The summed E-state index contributed by atoms with van der Waals surface area (Å²) in [7, 11) is 0. The van der Waals surface area contributed by atoms with Gasteiger partial charge < -0.3 is 11.5 Å². The van der Waals surface area contributed by atoms with Gasteiger partial charge in [-0.05, 0) is 67.1 Å². The minimum absolute atomic E-state index is 0.254. The second-order valence-electron chi connectivity index (χ2n) is 7.25. The van der Waals surface area contributed by atoms with E-state index >= 15 is 0 Å². The van der Waals surface area contributed by atoms with E-state index in [4.69, 9.17) is 11.5 Å². The molecule has 8 nitrogen and oxygen atoms in total. The van der Waals surface area contributed by atoms with Crippen LogP contribution in [0.3, 0.4) is 0 Å². The Balaban J connectivity index is 1.82. The Hall–Kier alpha value is -3.68. The van der Waals surface area contributed by atoms with E-state index in [1.165, 1.54) is 24.3 Å². The van der Waals surface area contributed by atoms with Gasteiger partial charge in [-0.15, -0.1) is 0 Å². The van der Waals surface area contributed by atoms with Gasteiger partial charge in [-0.25, -0.2) is 0 Å². The zero-order chi connectivity index (χ0) is 21.7. The predicted molar refractivity (Wildman–Crippen MR) is 111 cm³/mol. The summed E-state index contributed by atoms with van der Waals surface area (Å²) in [5, 5.41) is 0. The smallest absolute Gasteiger partial charge is 0.270 e. The summed E-state index contributed by atoms with van der Waals surface area (Å²) in [6.07, 6.45) is 5.12. The van der Waals surface area contributed by atoms with Crippen LogP contribution in [0.25, 0.3) is 0 Å². The van der Waals surface area contributed by atoms with Crippen molar-refractivity contribution in [2.45, 2.75) is 38.5 Å². The van der Waals surface area contributed by atoms with Crippen molar-refractivity contribution >= 4 is 23.6 Å². The predicted octanol–water partition coefficient (Wildman–Crippen LogP) is 1.62. The number of rotatable bonds is 4. The molecule has 0 fully saturated rings. The zero-order valence-electron chi connectivity index (χ0n) is 16.5. The SMILES string of the molecule is NC(=O)c1ccc(C(=O)NNC(=O)c2c3ccc(C(N)=O)c2CCCCCC3)cc1. The molecule has 0 heterocycles. The van der Waals surface area contributed by atoms with Gasteiger partial charge in [-0.1, -0.05) is 18.9 Å². The van der Waals surface area contributed by atoms with Crippen LogP contribution >= 0.6 is 0 Å². The van der Waals surface area contributed by atoms with Crippen LogP contribution in [0.15, 0.2) is 36.4 Å². The third kappa shape index (κ3) is 4.65. The van der Waals surface area contributed by atoms with Gasteiger partial charge in [-0.3, -0.25) is 30.0 Å².